The zero-order chi connectivity index (χ0) is 22.2. The Kier molecular flexibility index (Phi) is 9.17. The molecule has 0 atom stereocenters. The SMILES string of the molecule is C/C(=C\C(=O)N1CCC(CNC(=O)CCNC(=O)OC(C)(C)C)CC1)C(C)(C)C. The van der Waals surface area contributed by atoms with Crippen LogP contribution in [-0.4, -0.2) is 54.6 Å². The molecule has 0 aliphatic carbocycles. The van der Waals surface area contributed by atoms with E-state index in [9.17, 15) is 14.4 Å². The number of allylic oxidation sites excluding steroid dienone is 1. The molecule has 0 bridgehead atoms. The molecule has 166 valence electrons. The number of hydrogen-bond acceptors (Lipinski definition) is 4. The Balaban J connectivity index is 2.26. The lowest BCUT2D eigenvalue weighted by Crippen LogP contribution is -2.41. The molecule has 1 heterocycles. The highest BCUT2D eigenvalue weighted by molar-refractivity contribution is 5.88. The van der Waals surface area contributed by atoms with Crippen molar-refractivity contribution in [2.45, 2.75) is 73.3 Å². The highest BCUT2D eigenvalue weighted by atomic mass is 16.6. The van der Waals surface area contributed by atoms with E-state index in [1.54, 1.807) is 26.8 Å². The third-order valence-electron chi connectivity index (χ3n) is 5.06. The van der Waals surface area contributed by atoms with Crippen LogP contribution in [0.15, 0.2) is 11.6 Å². The van der Waals surface area contributed by atoms with E-state index in [0.29, 0.717) is 25.6 Å². The number of carbonyl (C=O) groups excluding carboxylic acids is 3. The molecule has 29 heavy (non-hydrogen) atoms. The maximum absolute atomic E-state index is 12.4. The van der Waals surface area contributed by atoms with E-state index >= 15 is 0 Å². The molecular formula is C22H39N3O4. The van der Waals surface area contributed by atoms with E-state index in [4.69, 9.17) is 4.74 Å². The first-order valence-corrected chi connectivity index (χ1v) is 10.5. The summed E-state index contributed by atoms with van der Waals surface area (Å²) in [7, 11) is 0. The van der Waals surface area contributed by atoms with Crippen LogP contribution >= 0.6 is 0 Å². The van der Waals surface area contributed by atoms with Crippen molar-refractivity contribution in [1.29, 1.82) is 0 Å². The Bertz CT molecular complexity index is 607. The number of likely N-dealkylation sites (tertiary alicyclic amines) is 1. The molecular weight excluding hydrogens is 370 g/mol. The number of alkyl carbamates (subject to hydrolysis) is 1. The van der Waals surface area contributed by atoms with Crippen LogP contribution in [0.5, 0.6) is 0 Å². The molecule has 0 radical (unpaired) electrons. The molecule has 1 saturated heterocycles. The topological polar surface area (TPSA) is 87.7 Å². The minimum absolute atomic E-state index is 0.00337. The highest BCUT2D eigenvalue weighted by Crippen LogP contribution is 2.25. The molecule has 2 N–H and O–H groups in total. The Labute approximate surface area is 175 Å². The molecule has 1 aliphatic rings. The summed E-state index contributed by atoms with van der Waals surface area (Å²) in [5, 5.41) is 5.50. The largest absolute Gasteiger partial charge is 0.444 e. The average Bonchev–Trinajstić information content (AvgIpc) is 2.58. The van der Waals surface area contributed by atoms with Crippen LogP contribution < -0.4 is 10.6 Å². The molecule has 1 rings (SSSR count). The predicted octanol–water partition coefficient (Wildman–Crippen LogP) is 3.25. The van der Waals surface area contributed by atoms with Crippen LogP contribution in [0, 0.1) is 11.3 Å². The molecule has 1 fully saturated rings. The number of ether oxygens (including phenoxy) is 1. The van der Waals surface area contributed by atoms with Crippen molar-refractivity contribution in [2.75, 3.05) is 26.2 Å². The summed E-state index contributed by atoms with van der Waals surface area (Å²) in [4.78, 5) is 37.8. The summed E-state index contributed by atoms with van der Waals surface area (Å²) in [5.74, 6) is 0.353. The fourth-order valence-electron chi connectivity index (χ4n) is 2.79. The zero-order valence-corrected chi connectivity index (χ0v) is 19.2. The number of amides is 3. The van der Waals surface area contributed by atoms with Gasteiger partial charge in [0.1, 0.15) is 5.60 Å². The molecule has 7 nitrogen and oxygen atoms in total. The zero-order valence-electron chi connectivity index (χ0n) is 19.2. The van der Waals surface area contributed by atoms with Crippen LogP contribution in [0.25, 0.3) is 0 Å². The van der Waals surface area contributed by atoms with Crippen molar-refractivity contribution in [2.24, 2.45) is 11.3 Å². The third kappa shape index (κ3) is 10.3. The molecule has 0 aromatic heterocycles. The molecule has 0 aromatic carbocycles. The molecule has 1 aliphatic heterocycles. The summed E-state index contributed by atoms with van der Waals surface area (Å²) >= 11 is 0. The van der Waals surface area contributed by atoms with Gasteiger partial charge in [0.25, 0.3) is 0 Å². The quantitative estimate of drug-likeness (QED) is 0.659. The first-order valence-electron chi connectivity index (χ1n) is 10.5. The van der Waals surface area contributed by atoms with Crippen LogP contribution in [0.4, 0.5) is 4.79 Å². The van der Waals surface area contributed by atoms with Gasteiger partial charge in [-0.25, -0.2) is 4.79 Å². The summed E-state index contributed by atoms with van der Waals surface area (Å²) < 4.78 is 5.13. The first-order chi connectivity index (χ1) is 13.3. The van der Waals surface area contributed by atoms with Crippen molar-refractivity contribution < 1.29 is 19.1 Å². The number of nitrogens with zero attached hydrogens (tertiary/aromatic N) is 1. The smallest absolute Gasteiger partial charge is 0.407 e. The predicted molar refractivity (Wildman–Crippen MR) is 114 cm³/mol. The fourth-order valence-corrected chi connectivity index (χ4v) is 2.79. The molecule has 0 spiro atoms. The normalized spacial score (nSPS) is 16.4. The average molecular weight is 410 g/mol. The van der Waals surface area contributed by atoms with Gasteiger partial charge in [-0.2, -0.15) is 0 Å². The molecule has 3 amide bonds. The number of piperidine rings is 1. The fraction of sp³-hybridized carbons (Fsp3) is 0.773. The van der Waals surface area contributed by atoms with E-state index in [1.165, 1.54) is 0 Å². The summed E-state index contributed by atoms with van der Waals surface area (Å²) in [6.07, 6.45) is 3.21. The Morgan fingerprint density at radius 1 is 1.03 bits per heavy atom. The number of rotatable bonds is 6. The van der Waals surface area contributed by atoms with Gasteiger partial charge in [-0.15, -0.1) is 0 Å². The van der Waals surface area contributed by atoms with Crippen molar-refractivity contribution in [3.8, 4) is 0 Å². The van der Waals surface area contributed by atoms with Gasteiger partial charge >= 0.3 is 6.09 Å². The van der Waals surface area contributed by atoms with Crippen LogP contribution in [0.2, 0.25) is 0 Å². The van der Waals surface area contributed by atoms with Gasteiger partial charge < -0.3 is 20.3 Å². The van der Waals surface area contributed by atoms with Crippen molar-refractivity contribution >= 4 is 17.9 Å². The Morgan fingerprint density at radius 2 is 1.62 bits per heavy atom. The van der Waals surface area contributed by atoms with Crippen molar-refractivity contribution in [1.82, 2.24) is 15.5 Å². The number of carbonyl (C=O) groups is 3. The minimum atomic E-state index is -0.552. The van der Waals surface area contributed by atoms with Gasteiger partial charge in [-0.3, -0.25) is 9.59 Å². The van der Waals surface area contributed by atoms with Gasteiger partial charge in [0.15, 0.2) is 0 Å². The minimum Gasteiger partial charge on any atom is -0.444 e. The first kappa shape index (κ1) is 25.0. The van der Waals surface area contributed by atoms with E-state index in [2.05, 4.69) is 31.4 Å². The van der Waals surface area contributed by atoms with E-state index in [0.717, 1.165) is 18.4 Å². The number of nitrogens with one attached hydrogen (secondary N) is 2. The highest BCUT2D eigenvalue weighted by Gasteiger charge is 2.23. The second-order valence-electron chi connectivity index (χ2n) is 9.83. The molecule has 0 unspecified atom stereocenters. The van der Waals surface area contributed by atoms with Gasteiger partial charge in [-0.05, 0) is 51.9 Å². The monoisotopic (exact) mass is 409 g/mol. The molecule has 0 saturated carbocycles. The van der Waals surface area contributed by atoms with E-state index < -0.39 is 11.7 Å². The van der Waals surface area contributed by atoms with Crippen molar-refractivity contribution in [3.05, 3.63) is 11.6 Å². The maximum Gasteiger partial charge on any atom is 0.407 e. The Morgan fingerprint density at radius 3 is 2.14 bits per heavy atom. The van der Waals surface area contributed by atoms with Gasteiger partial charge in [0.05, 0.1) is 0 Å². The summed E-state index contributed by atoms with van der Waals surface area (Å²) in [6, 6.07) is 0. The standard InChI is InChI=1S/C22H39N3O4/c1-16(21(2,3)4)14-19(27)25-12-9-17(10-13-25)15-24-18(26)8-11-23-20(28)29-22(5,6)7/h14,17H,8-13,15H2,1-7H3,(H,23,28)(H,24,26)/b16-14+. The van der Waals surface area contributed by atoms with Crippen LogP contribution in [0.3, 0.4) is 0 Å². The summed E-state index contributed by atoms with van der Waals surface area (Å²) in [6.45, 7) is 16.0. The van der Waals surface area contributed by atoms with Crippen LogP contribution in [0.1, 0.15) is 67.7 Å². The maximum atomic E-state index is 12.4. The van der Waals surface area contributed by atoms with Gasteiger partial charge in [0, 0.05) is 38.7 Å². The van der Waals surface area contributed by atoms with Gasteiger partial charge in [-0.1, -0.05) is 26.3 Å². The van der Waals surface area contributed by atoms with Crippen LogP contribution in [-0.2, 0) is 14.3 Å². The third-order valence-corrected chi connectivity index (χ3v) is 5.06. The van der Waals surface area contributed by atoms with E-state index in [-0.39, 0.29) is 30.2 Å². The molecule has 0 aromatic rings. The lowest BCUT2D eigenvalue weighted by Gasteiger charge is -2.32. The number of hydrogen-bond donors (Lipinski definition) is 2. The van der Waals surface area contributed by atoms with Crippen molar-refractivity contribution in [3.63, 3.8) is 0 Å². The second kappa shape index (κ2) is 10.6. The Hall–Kier alpha value is -2.05. The summed E-state index contributed by atoms with van der Waals surface area (Å²) in [5.41, 5.74) is 0.525. The lowest BCUT2D eigenvalue weighted by molar-refractivity contribution is -0.128. The van der Waals surface area contributed by atoms with E-state index in [1.807, 2.05) is 11.8 Å². The molecule has 7 heteroatoms. The van der Waals surface area contributed by atoms with Gasteiger partial charge in [0.2, 0.25) is 11.8 Å². The lowest BCUT2D eigenvalue weighted by atomic mass is 9.87. The second-order valence-corrected chi connectivity index (χ2v) is 9.83.